The molecule has 2 atom stereocenters. The van der Waals surface area contributed by atoms with E-state index in [1.54, 1.807) is 0 Å². The lowest BCUT2D eigenvalue weighted by Crippen LogP contribution is -2.38. The van der Waals surface area contributed by atoms with Gasteiger partial charge in [-0.2, -0.15) is 0 Å². The lowest BCUT2D eigenvalue weighted by atomic mass is 10.0. The van der Waals surface area contributed by atoms with Gasteiger partial charge >= 0.3 is 0 Å². The summed E-state index contributed by atoms with van der Waals surface area (Å²) in [7, 11) is 0. The van der Waals surface area contributed by atoms with Gasteiger partial charge in [0.15, 0.2) is 0 Å². The molecule has 2 rings (SSSR count). The van der Waals surface area contributed by atoms with Crippen LogP contribution in [0.3, 0.4) is 0 Å². The van der Waals surface area contributed by atoms with E-state index in [0.29, 0.717) is 18.8 Å². The van der Waals surface area contributed by atoms with Gasteiger partial charge in [-0.1, -0.05) is 31.2 Å². The Morgan fingerprint density at radius 1 is 1.25 bits per heavy atom. The normalized spacial score (nSPS) is 22.9. The van der Waals surface area contributed by atoms with Crippen LogP contribution in [0.4, 0.5) is 0 Å². The highest BCUT2D eigenvalue weighted by atomic mass is 16.5. The van der Waals surface area contributed by atoms with Crippen LogP contribution >= 0.6 is 0 Å². The second-order valence-electron chi connectivity index (χ2n) is 5.41. The molecule has 0 spiro atoms. The third kappa shape index (κ3) is 4.58. The Bertz CT molecular complexity index is 394. The van der Waals surface area contributed by atoms with E-state index in [-0.39, 0.29) is 0 Å². The van der Waals surface area contributed by atoms with Crippen molar-refractivity contribution in [2.75, 3.05) is 13.2 Å². The minimum absolute atomic E-state index is 0.430. The highest BCUT2D eigenvalue weighted by molar-refractivity contribution is 5.26. The van der Waals surface area contributed by atoms with Crippen molar-refractivity contribution < 1.29 is 9.47 Å². The Morgan fingerprint density at radius 2 is 2.05 bits per heavy atom. The fourth-order valence-corrected chi connectivity index (χ4v) is 2.69. The van der Waals surface area contributed by atoms with Gasteiger partial charge in [0.2, 0.25) is 0 Å². The summed E-state index contributed by atoms with van der Waals surface area (Å²) in [5.74, 6) is 0. The van der Waals surface area contributed by atoms with Crippen molar-refractivity contribution in [1.82, 2.24) is 5.32 Å². The third-order valence-electron chi connectivity index (χ3n) is 3.98. The molecule has 0 amide bonds. The molecule has 20 heavy (non-hydrogen) atoms. The number of benzene rings is 1. The minimum Gasteiger partial charge on any atom is -0.378 e. The second-order valence-corrected chi connectivity index (χ2v) is 5.41. The van der Waals surface area contributed by atoms with Crippen LogP contribution in [0.25, 0.3) is 0 Å². The predicted molar refractivity (Wildman–Crippen MR) is 81.7 cm³/mol. The largest absolute Gasteiger partial charge is 0.378 e. The molecule has 0 radical (unpaired) electrons. The highest BCUT2D eigenvalue weighted by Gasteiger charge is 2.20. The molecule has 0 aromatic heterocycles. The summed E-state index contributed by atoms with van der Waals surface area (Å²) in [5, 5.41) is 3.68. The molecule has 1 aliphatic rings. The number of nitrogens with one attached hydrogen (secondary N) is 1. The molecule has 112 valence electrons. The molecule has 1 aliphatic heterocycles. The molecule has 1 N–H and O–H groups in total. The molecular formula is C17H27NO2. The van der Waals surface area contributed by atoms with Crippen molar-refractivity contribution in [3.8, 4) is 0 Å². The van der Waals surface area contributed by atoms with Gasteiger partial charge in [-0.3, -0.25) is 0 Å². The van der Waals surface area contributed by atoms with Crippen LogP contribution in [-0.4, -0.2) is 25.4 Å². The summed E-state index contributed by atoms with van der Waals surface area (Å²) in [6.45, 7) is 7.51. The maximum Gasteiger partial charge on any atom is 0.0719 e. The number of rotatable bonds is 7. The predicted octanol–water partition coefficient (Wildman–Crippen LogP) is 3.27. The van der Waals surface area contributed by atoms with Gasteiger partial charge in [-0.25, -0.2) is 0 Å². The van der Waals surface area contributed by atoms with Gasteiger partial charge in [-0.15, -0.1) is 0 Å². The van der Waals surface area contributed by atoms with Gasteiger partial charge in [-0.05, 0) is 37.3 Å². The van der Waals surface area contributed by atoms with E-state index < -0.39 is 0 Å². The fraction of sp³-hybridized carbons (Fsp3) is 0.647. The number of ether oxygens (including phenoxy) is 2. The summed E-state index contributed by atoms with van der Waals surface area (Å²) in [6, 6.07) is 9.11. The maximum absolute atomic E-state index is 5.73. The number of hydrogen-bond acceptors (Lipinski definition) is 3. The van der Waals surface area contributed by atoms with E-state index in [4.69, 9.17) is 9.47 Å². The van der Waals surface area contributed by atoms with Gasteiger partial charge in [0.05, 0.1) is 12.7 Å². The topological polar surface area (TPSA) is 30.5 Å². The van der Waals surface area contributed by atoms with Gasteiger partial charge in [0, 0.05) is 25.8 Å². The molecular weight excluding hydrogens is 250 g/mol. The number of hydrogen-bond donors (Lipinski definition) is 1. The Hall–Kier alpha value is -0.900. The van der Waals surface area contributed by atoms with E-state index in [0.717, 1.165) is 39.0 Å². The van der Waals surface area contributed by atoms with Crippen molar-refractivity contribution in [2.45, 2.75) is 58.4 Å². The first-order valence-corrected chi connectivity index (χ1v) is 7.83. The lowest BCUT2D eigenvalue weighted by molar-refractivity contribution is -0.000352. The van der Waals surface area contributed by atoms with E-state index in [2.05, 4.69) is 36.5 Å². The molecule has 3 nitrogen and oxygen atoms in total. The molecule has 1 saturated heterocycles. The molecule has 1 aromatic rings. The van der Waals surface area contributed by atoms with E-state index >= 15 is 0 Å². The monoisotopic (exact) mass is 277 g/mol. The Kier molecular flexibility index (Phi) is 6.51. The van der Waals surface area contributed by atoms with Gasteiger partial charge in [0.25, 0.3) is 0 Å². The first-order chi connectivity index (χ1) is 9.83. The summed E-state index contributed by atoms with van der Waals surface area (Å²) >= 11 is 0. The van der Waals surface area contributed by atoms with Crippen LogP contribution in [0.1, 0.15) is 44.2 Å². The summed E-state index contributed by atoms with van der Waals surface area (Å²) < 4.78 is 11.3. The van der Waals surface area contributed by atoms with Crippen molar-refractivity contribution in [3.05, 3.63) is 35.4 Å². The van der Waals surface area contributed by atoms with E-state index in [1.165, 1.54) is 11.1 Å². The molecule has 0 saturated carbocycles. The smallest absolute Gasteiger partial charge is 0.0719 e. The zero-order chi connectivity index (χ0) is 14.2. The zero-order valence-electron chi connectivity index (χ0n) is 12.7. The average molecular weight is 277 g/mol. The van der Waals surface area contributed by atoms with Crippen LogP contribution < -0.4 is 5.32 Å². The summed E-state index contributed by atoms with van der Waals surface area (Å²) in [6.07, 6.45) is 3.79. The molecule has 1 aromatic carbocycles. The zero-order valence-corrected chi connectivity index (χ0v) is 12.7. The minimum atomic E-state index is 0.430. The van der Waals surface area contributed by atoms with Crippen molar-refractivity contribution in [3.63, 3.8) is 0 Å². The van der Waals surface area contributed by atoms with Gasteiger partial charge < -0.3 is 14.8 Å². The van der Waals surface area contributed by atoms with Crippen molar-refractivity contribution in [1.29, 1.82) is 0 Å². The molecule has 1 fully saturated rings. The molecule has 1 heterocycles. The van der Waals surface area contributed by atoms with Crippen LogP contribution in [0.15, 0.2) is 24.3 Å². The SMILES string of the molecule is CCOCc1ccccc1CNC1CCOC(CC)C1. The van der Waals surface area contributed by atoms with Gasteiger partial charge in [0.1, 0.15) is 0 Å². The quantitative estimate of drug-likeness (QED) is 0.829. The van der Waals surface area contributed by atoms with Crippen LogP contribution in [0, 0.1) is 0 Å². The fourth-order valence-electron chi connectivity index (χ4n) is 2.69. The van der Waals surface area contributed by atoms with Crippen LogP contribution in [-0.2, 0) is 22.6 Å². The standard InChI is InChI=1S/C17H27NO2/c1-3-17-11-16(9-10-20-17)18-12-14-7-5-6-8-15(14)13-19-4-2/h5-8,16-18H,3-4,9-13H2,1-2H3. The Balaban J connectivity index is 1.86. The Morgan fingerprint density at radius 3 is 2.80 bits per heavy atom. The first kappa shape index (κ1) is 15.5. The molecule has 2 unspecified atom stereocenters. The average Bonchev–Trinajstić information content (AvgIpc) is 2.52. The Labute approximate surface area is 122 Å². The van der Waals surface area contributed by atoms with Crippen LogP contribution in [0.2, 0.25) is 0 Å². The molecule has 3 heteroatoms. The highest BCUT2D eigenvalue weighted by Crippen LogP contribution is 2.17. The van der Waals surface area contributed by atoms with E-state index in [1.807, 2.05) is 6.92 Å². The summed E-state index contributed by atoms with van der Waals surface area (Å²) in [4.78, 5) is 0. The van der Waals surface area contributed by atoms with Crippen molar-refractivity contribution in [2.24, 2.45) is 0 Å². The molecule has 0 aliphatic carbocycles. The van der Waals surface area contributed by atoms with Crippen molar-refractivity contribution >= 4 is 0 Å². The first-order valence-electron chi connectivity index (χ1n) is 7.83. The van der Waals surface area contributed by atoms with Crippen LogP contribution in [0.5, 0.6) is 0 Å². The lowest BCUT2D eigenvalue weighted by Gasteiger charge is -2.30. The molecule has 0 bridgehead atoms. The second kappa shape index (κ2) is 8.40. The maximum atomic E-state index is 5.73. The van der Waals surface area contributed by atoms with E-state index in [9.17, 15) is 0 Å². The summed E-state index contributed by atoms with van der Waals surface area (Å²) in [5.41, 5.74) is 2.64. The third-order valence-corrected chi connectivity index (χ3v) is 3.98.